The maximum atomic E-state index is 13.5. The number of nitriles is 1. The maximum absolute atomic E-state index is 13.5. The van der Waals surface area contributed by atoms with Crippen molar-refractivity contribution in [3.63, 3.8) is 0 Å². The number of halogens is 2. The van der Waals surface area contributed by atoms with Gasteiger partial charge in [0.15, 0.2) is 0 Å². The van der Waals surface area contributed by atoms with Gasteiger partial charge in [-0.25, -0.2) is 13.6 Å². The van der Waals surface area contributed by atoms with Gasteiger partial charge in [0.2, 0.25) is 0 Å². The summed E-state index contributed by atoms with van der Waals surface area (Å²) in [6.07, 6.45) is 1.55. The minimum Gasteiger partial charge on any atom is -0.465 e. The van der Waals surface area contributed by atoms with Crippen LogP contribution in [0.2, 0.25) is 0 Å². The number of hydrogen-bond donors (Lipinski definition) is 1. The van der Waals surface area contributed by atoms with Crippen LogP contribution in [0.15, 0.2) is 64.6 Å². The lowest BCUT2D eigenvalue weighted by atomic mass is 9.93. The lowest BCUT2D eigenvalue weighted by Gasteiger charge is -2.24. The van der Waals surface area contributed by atoms with Crippen LogP contribution in [0.25, 0.3) is 11.6 Å². The van der Waals surface area contributed by atoms with Crippen molar-refractivity contribution >= 4 is 29.0 Å². The zero-order valence-electron chi connectivity index (χ0n) is 16.6. The number of carbonyl (C=O) groups is 1. The van der Waals surface area contributed by atoms with E-state index in [1.807, 2.05) is 6.07 Å². The summed E-state index contributed by atoms with van der Waals surface area (Å²) in [6, 6.07) is 11.9. The summed E-state index contributed by atoms with van der Waals surface area (Å²) in [5, 5.41) is 9.82. The van der Waals surface area contributed by atoms with Gasteiger partial charge in [-0.15, -0.1) is 11.3 Å². The molecule has 0 saturated heterocycles. The molecule has 3 aromatic rings. The summed E-state index contributed by atoms with van der Waals surface area (Å²) < 4.78 is 33.3. The molecule has 2 heterocycles. The third-order valence-electron chi connectivity index (χ3n) is 5.02. The van der Waals surface area contributed by atoms with E-state index < -0.39 is 29.2 Å². The van der Waals surface area contributed by atoms with Gasteiger partial charge in [0.25, 0.3) is 5.56 Å². The third kappa shape index (κ3) is 3.50. The Morgan fingerprint density at radius 3 is 2.31 bits per heavy atom. The van der Waals surface area contributed by atoms with Gasteiger partial charge in [0.1, 0.15) is 27.9 Å². The number of methoxy groups -OCH3 is 1. The second-order valence-electron chi connectivity index (χ2n) is 6.90. The van der Waals surface area contributed by atoms with Crippen molar-refractivity contribution in [1.82, 2.24) is 4.57 Å². The fourth-order valence-electron chi connectivity index (χ4n) is 3.52. The zero-order chi connectivity index (χ0) is 23.0. The average Bonchev–Trinajstić information content (AvgIpc) is 3.10. The minimum atomic E-state index is -0.955. The minimum absolute atomic E-state index is 0.0299. The van der Waals surface area contributed by atoms with Crippen molar-refractivity contribution in [3.05, 3.63) is 102 Å². The molecule has 160 valence electrons. The fourth-order valence-corrected chi connectivity index (χ4v) is 4.69. The topological polar surface area (TPSA) is 98.1 Å². The number of nitrogens with two attached hydrogens (primary N) is 1. The Morgan fingerprint density at radius 1 is 1.16 bits per heavy atom. The van der Waals surface area contributed by atoms with Crippen molar-refractivity contribution in [3.8, 4) is 6.07 Å². The van der Waals surface area contributed by atoms with E-state index in [0.717, 1.165) is 11.3 Å². The molecule has 0 fully saturated rings. The molecule has 2 aromatic carbocycles. The zero-order valence-corrected chi connectivity index (χ0v) is 17.5. The van der Waals surface area contributed by atoms with Crippen LogP contribution in [0.5, 0.6) is 0 Å². The van der Waals surface area contributed by atoms with E-state index in [0.29, 0.717) is 11.1 Å². The van der Waals surface area contributed by atoms with Crippen LogP contribution >= 0.6 is 11.3 Å². The number of allylic oxidation sites excluding steroid dienone is 1. The Bertz CT molecular complexity index is 1480. The number of carbonyl (C=O) groups excluding carboxylic acids is 1. The van der Waals surface area contributed by atoms with Crippen LogP contribution < -0.4 is 20.5 Å². The molecule has 1 unspecified atom stereocenters. The third-order valence-corrected chi connectivity index (χ3v) is 6.13. The molecular weight excluding hydrogens is 436 g/mol. The maximum Gasteiger partial charge on any atom is 0.343 e. The predicted molar refractivity (Wildman–Crippen MR) is 115 cm³/mol. The van der Waals surface area contributed by atoms with Crippen LogP contribution in [-0.4, -0.2) is 17.6 Å². The standard InChI is InChI=1S/C23H15F2N3O3S/c1-31-23(30)18-19(27)16(11-26)20(13-4-8-15(25)9-5-13)28-21(29)17(32-22(18)28)10-12-2-6-14(24)7-3-12/h2-10,20H,27H2,1H3/b17-10+. The summed E-state index contributed by atoms with van der Waals surface area (Å²) in [6.45, 7) is 0. The predicted octanol–water partition coefficient (Wildman–Crippen LogP) is 1.68. The summed E-state index contributed by atoms with van der Waals surface area (Å²) >= 11 is 0.996. The van der Waals surface area contributed by atoms with Crippen molar-refractivity contribution in [2.75, 3.05) is 7.11 Å². The quantitative estimate of drug-likeness (QED) is 0.611. The summed E-state index contributed by atoms with van der Waals surface area (Å²) in [5.41, 5.74) is 6.50. The van der Waals surface area contributed by atoms with Crippen LogP contribution in [0.3, 0.4) is 0 Å². The van der Waals surface area contributed by atoms with Gasteiger partial charge >= 0.3 is 5.97 Å². The molecule has 0 amide bonds. The molecule has 1 aliphatic heterocycles. The molecule has 0 radical (unpaired) electrons. The normalized spacial score (nSPS) is 16.0. The number of rotatable bonds is 3. The first-order valence-electron chi connectivity index (χ1n) is 9.32. The number of fused-ring (bicyclic) bond motifs is 1. The highest BCUT2D eigenvalue weighted by molar-refractivity contribution is 7.07. The molecule has 0 saturated carbocycles. The van der Waals surface area contributed by atoms with Gasteiger partial charge < -0.3 is 10.5 Å². The molecule has 4 rings (SSSR count). The van der Waals surface area contributed by atoms with Gasteiger partial charge in [-0.05, 0) is 41.5 Å². The second-order valence-corrected chi connectivity index (χ2v) is 7.93. The molecule has 0 aliphatic carbocycles. The molecule has 0 bridgehead atoms. The van der Waals surface area contributed by atoms with Gasteiger partial charge in [-0.3, -0.25) is 9.36 Å². The molecule has 2 N–H and O–H groups in total. The van der Waals surface area contributed by atoms with E-state index in [2.05, 4.69) is 0 Å². The number of nitrogens with zero attached hydrogens (tertiary/aromatic N) is 2. The number of hydrogen-bond acceptors (Lipinski definition) is 6. The first-order chi connectivity index (χ1) is 15.3. The molecular formula is C23H15F2N3O3S. The van der Waals surface area contributed by atoms with Crippen LogP contribution in [0.1, 0.15) is 17.2 Å². The summed E-state index contributed by atoms with van der Waals surface area (Å²) in [4.78, 5) is 25.9. The molecule has 1 aromatic heterocycles. The number of benzene rings is 2. The van der Waals surface area contributed by atoms with E-state index in [9.17, 15) is 23.6 Å². The Labute approximate surface area is 184 Å². The first-order valence-corrected chi connectivity index (χ1v) is 10.1. The lowest BCUT2D eigenvalue weighted by Crippen LogP contribution is -2.41. The summed E-state index contributed by atoms with van der Waals surface area (Å²) in [7, 11) is 1.17. The Morgan fingerprint density at radius 2 is 1.75 bits per heavy atom. The van der Waals surface area contributed by atoms with Gasteiger partial charge in [0, 0.05) is 0 Å². The number of esters is 1. The number of aromatic nitrogens is 1. The Hall–Kier alpha value is -4.03. The number of ether oxygens (including phenoxy) is 1. The highest BCUT2D eigenvalue weighted by atomic mass is 32.1. The second kappa shape index (κ2) is 8.24. The first kappa shape index (κ1) is 21.2. The Kier molecular flexibility index (Phi) is 5.47. The molecule has 9 heteroatoms. The van der Waals surface area contributed by atoms with E-state index in [1.54, 1.807) is 6.08 Å². The lowest BCUT2D eigenvalue weighted by molar-refractivity contribution is -0.133. The van der Waals surface area contributed by atoms with E-state index in [-0.39, 0.29) is 26.0 Å². The van der Waals surface area contributed by atoms with Crippen molar-refractivity contribution < 1.29 is 18.3 Å². The van der Waals surface area contributed by atoms with Gasteiger partial charge in [-0.1, -0.05) is 24.3 Å². The molecule has 0 spiro atoms. The largest absolute Gasteiger partial charge is 0.465 e. The van der Waals surface area contributed by atoms with Crippen molar-refractivity contribution in [2.45, 2.75) is 6.04 Å². The highest BCUT2D eigenvalue weighted by Gasteiger charge is 2.34. The number of thiazole rings is 1. The highest BCUT2D eigenvalue weighted by Crippen LogP contribution is 2.31. The van der Waals surface area contributed by atoms with Gasteiger partial charge in [0.05, 0.1) is 29.0 Å². The van der Waals surface area contributed by atoms with Crippen molar-refractivity contribution in [1.29, 1.82) is 5.26 Å². The van der Waals surface area contributed by atoms with E-state index >= 15 is 0 Å². The molecule has 6 nitrogen and oxygen atoms in total. The SMILES string of the molecule is COC(=O)C1=c2s/c(=C/c3ccc(F)cc3)c(=O)n2C(c2ccc(F)cc2)C(C#N)=C1N. The Balaban J connectivity index is 2.09. The van der Waals surface area contributed by atoms with Crippen LogP contribution in [-0.2, 0) is 9.53 Å². The van der Waals surface area contributed by atoms with Crippen LogP contribution in [0, 0.1) is 23.0 Å². The fraction of sp³-hybridized carbons (Fsp3) is 0.0870. The molecule has 1 atom stereocenters. The van der Waals surface area contributed by atoms with Crippen LogP contribution in [0.4, 0.5) is 8.78 Å². The van der Waals surface area contributed by atoms with E-state index in [1.165, 1.54) is 60.2 Å². The monoisotopic (exact) mass is 451 g/mol. The van der Waals surface area contributed by atoms with Crippen molar-refractivity contribution in [2.24, 2.45) is 5.73 Å². The van der Waals surface area contributed by atoms with Gasteiger partial charge in [-0.2, -0.15) is 5.26 Å². The molecule has 1 aliphatic rings. The smallest absolute Gasteiger partial charge is 0.343 e. The summed E-state index contributed by atoms with van der Waals surface area (Å²) in [5.74, 6) is -1.70. The average molecular weight is 451 g/mol. The van der Waals surface area contributed by atoms with E-state index in [4.69, 9.17) is 10.5 Å². The molecule has 32 heavy (non-hydrogen) atoms.